The van der Waals surface area contributed by atoms with E-state index >= 15 is 0 Å². The Balaban J connectivity index is 1.60. The van der Waals surface area contributed by atoms with Crippen molar-refractivity contribution in [2.24, 2.45) is 5.14 Å². The molecule has 11 nitrogen and oxygen atoms in total. The standard InChI is InChI=1S/C24H27F2N5O6S2/c25-22(26)37-18-11-9-17(10-12-18)20-15-38-23(29-20)31-21(32)19(8-4-5-13-28-39(27,34)35)30-24(33)36-14-16-6-2-1-3-7-16/h1-3,6-7,9-12,15,19,22,28H,4-5,8,13-14H2,(H,30,33)(H2,27,34,35)(H,29,31,32)/t19-/m0/s1. The van der Waals surface area contributed by atoms with E-state index in [9.17, 15) is 26.8 Å². The summed E-state index contributed by atoms with van der Waals surface area (Å²) in [5.74, 6) is -0.544. The van der Waals surface area contributed by atoms with E-state index in [1.165, 1.54) is 12.1 Å². The van der Waals surface area contributed by atoms with Crippen LogP contribution in [0.1, 0.15) is 24.8 Å². The fourth-order valence-electron chi connectivity index (χ4n) is 3.33. The fraction of sp³-hybridized carbons (Fsp3) is 0.292. The third kappa shape index (κ3) is 10.9. The van der Waals surface area contributed by atoms with Crippen molar-refractivity contribution in [3.63, 3.8) is 0 Å². The average Bonchev–Trinajstić information content (AvgIpc) is 3.35. The normalized spacial score (nSPS) is 12.1. The van der Waals surface area contributed by atoms with Crippen molar-refractivity contribution < 1.29 is 36.3 Å². The number of thiazole rings is 1. The zero-order chi connectivity index (χ0) is 28.3. The third-order valence-electron chi connectivity index (χ3n) is 5.15. The Morgan fingerprint density at radius 2 is 1.77 bits per heavy atom. The molecule has 0 fully saturated rings. The minimum atomic E-state index is -3.83. The summed E-state index contributed by atoms with van der Waals surface area (Å²) in [5.41, 5.74) is 1.89. The number of nitrogens with one attached hydrogen (secondary N) is 3. The van der Waals surface area contributed by atoms with Gasteiger partial charge >= 0.3 is 12.7 Å². The van der Waals surface area contributed by atoms with Crippen molar-refractivity contribution in [2.75, 3.05) is 11.9 Å². The Labute approximate surface area is 227 Å². The van der Waals surface area contributed by atoms with Crippen LogP contribution < -0.4 is 25.2 Å². The number of benzene rings is 2. The molecule has 0 radical (unpaired) electrons. The smallest absolute Gasteiger partial charge is 0.408 e. The first kappa shape index (κ1) is 29.9. The van der Waals surface area contributed by atoms with E-state index < -0.39 is 34.9 Å². The zero-order valence-corrected chi connectivity index (χ0v) is 22.1. The lowest BCUT2D eigenvalue weighted by molar-refractivity contribution is -0.118. The van der Waals surface area contributed by atoms with Gasteiger partial charge in [0, 0.05) is 17.5 Å². The Morgan fingerprint density at radius 1 is 1.05 bits per heavy atom. The van der Waals surface area contributed by atoms with Gasteiger partial charge in [0.05, 0.1) is 5.69 Å². The van der Waals surface area contributed by atoms with Gasteiger partial charge in [-0.2, -0.15) is 17.2 Å². The maximum Gasteiger partial charge on any atom is 0.408 e. The number of hydrogen-bond donors (Lipinski definition) is 4. The molecule has 1 heterocycles. The van der Waals surface area contributed by atoms with Gasteiger partial charge in [-0.15, -0.1) is 11.3 Å². The summed E-state index contributed by atoms with van der Waals surface area (Å²) < 4.78 is 58.5. The molecule has 3 rings (SSSR count). The van der Waals surface area contributed by atoms with Crippen LogP contribution >= 0.6 is 11.3 Å². The molecule has 210 valence electrons. The summed E-state index contributed by atoms with van der Waals surface area (Å²) in [6.45, 7) is -2.85. The zero-order valence-electron chi connectivity index (χ0n) is 20.5. The number of ether oxygens (including phenoxy) is 2. The number of carbonyl (C=O) groups excluding carboxylic acids is 2. The number of aromatic nitrogens is 1. The lowest BCUT2D eigenvalue weighted by Crippen LogP contribution is -2.44. The van der Waals surface area contributed by atoms with Gasteiger partial charge in [0.2, 0.25) is 5.91 Å². The molecule has 1 aromatic heterocycles. The largest absolute Gasteiger partial charge is 0.445 e. The SMILES string of the molecule is NS(=O)(=O)NCCCC[C@H](NC(=O)OCc1ccccc1)C(=O)Nc1nc(-c2ccc(OC(F)F)cc2)cs1. The second-order valence-corrected chi connectivity index (χ2v) is 10.4. The first-order chi connectivity index (χ1) is 18.6. The van der Waals surface area contributed by atoms with Gasteiger partial charge in [0.25, 0.3) is 10.2 Å². The van der Waals surface area contributed by atoms with Gasteiger partial charge in [-0.3, -0.25) is 4.79 Å². The van der Waals surface area contributed by atoms with Gasteiger partial charge in [-0.1, -0.05) is 30.3 Å². The van der Waals surface area contributed by atoms with E-state index in [0.717, 1.165) is 16.9 Å². The van der Waals surface area contributed by atoms with Crippen molar-refractivity contribution >= 4 is 38.7 Å². The van der Waals surface area contributed by atoms with Crippen LogP contribution in [0.15, 0.2) is 60.0 Å². The number of nitrogens with zero attached hydrogens (tertiary/aromatic N) is 1. The van der Waals surface area contributed by atoms with Crippen LogP contribution in [-0.4, -0.2) is 44.6 Å². The number of hydrogen-bond acceptors (Lipinski definition) is 8. The van der Waals surface area contributed by atoms with Crippen molar-refractivity contribution in [1.82, 2.24) is 15.0 Å². The van der Waals surface area contributed by atoms with E-state index in [2.05, 4.69) is 25.1 Å². The topological polar surface area (TPSA) is 162 Å². The van der Waals surface area contributed by atoms with Crippen LogP contribution in [0.2, 0.25) is 0 Å². The van der Waals surface area contributed by atoms with Crippen molar-refractivity contribution in [1.29, 1.82) is 0 Å². The van der Waals surface area contributed by atoms with Crippen LogP contribution in [0.25, 0.3) is 11.3 Å². The Kier molecular flexibility index (Phi) is 11.1. The molecule has 1 atom stereocenters. The molecule has 15 heteroatoms. The minimum absolute atomic E-state index is 0.00448. The lowest BCUT2D eigenvalue weighted by atomic mass is 10.1. The van der Waals surface area contributed by atoms with E-state index in [-0.39, 0.29) is 30.5 Å². The van der Waals surface area contributed by atoms with Crippen molar-refractivity contribution in [2.45, 2.75) is 38.5 Å². The second-order valence-electron chi connectivity index (χ2n) is 8.12. The predicted octanol–water partition coefficient (Wildman–Crippen LogP) is 3.61. The highest BCUT2D eigenvalue weighted by Gasteiger charge is 2.22. The molecule has 39 heavy (non-hydrogen) atoms. The molecule has 0 saturated heterocycles. The summed E-state index contributed by atoms with van der Waals surface area (Å²) in [4.78, 5) is 29.7. The highest BCUT2D eigenvalue weighted by Crippen LogP contribution is 2.27. The monoisotopic (exact) mass is 583 g/mol. The maximum absolute atomic E-state index is 13.0. The molecule has 0 aliphatic carbocycles. The first-order valence-electron chi connectivity index (χ1n) is 11.7. The first-order valence-corrected chi connectivity index (χ1v) is 14.1. The number of carbonyl (C=O) groups is 2. The number of halogens is 2. The number of unbranched alkanes of at least 4 members (excludes halogenated alkanes) is 1. The summed E-state index contributed by atoms with van der Waals surface area (Å²) in [5, 5.41) is 12.0. The number of amides is 2. The molecular weight excluding hydrogens is 556 g/mol. The molecule has 0 bridgehead atoms. The number of anilines is 1. The van der Waals surface area contributed by atoms with Gasteiger partial charge in [0.15, 0.2) is 5.13 Å². The second kappa shape index (κ2) is 14.5. The molecule has 2 aromatic carbocycles. The molecule has 0 unspecified atom stereocenters. The van der Waals surface area contributed by atoms with E-state index in [1.807, 2.05) is 6.07 Å². The van der Waals surface area contributed by atoms with Crippen LogP contribution in [0.4, 0.5) is 18.7 Å². The molecule has 0 spiro atoms. The molecule has 5 N–H and O–H groups in total. The highest BCUT2D eigenvalue weighted by molar-refractivity contribution is 7.87. The number of alkyl halides is 2. The van der Waals surface area contributed by atoms with Crippen LogP contribution in [0, 0.1) is 0 Å². The predicted molar refractivity (Wildman–Crippen MR) is 141 cm³/mol. The Morgan fingerprint density at radius 3 is 2.44 bits per heavy atom. The summed E-state index contributed by atoms with van der Waals surface area (Å²) in [6, 6.07) is 13.9. The molecule has 0 saturated carbocycles. The minimum Gasteiger partial charge on any atom is -0.445 e. The third-order valence-corrected chi connectivity index (χ3v) is 6.52. The highest BCUT2D eigenvalue weighted by atomic mass is 32.2. The van der Waals surface area contributed by atoms with Crippen LogP contribution in [0.5, 0.6) is 5.75 Å². The van der Waals surface area contributed by atoms with Crippen LogP contribution in [-0.2, 0) is 26.3 Å². The molecule has 2 amide bonds. The molecule has 3 aromatic rings. The molecule has 0 aliphatic heterocycles. The van der Waals surface area contributed by atoms with Gasteiger partial charge in [-0.05, 0) is 49.1 Å². The Hall–Kier alpha value is -3.66. The van der Waals surface area contributed by atoms with E-state index in [0.29, 0.717) is 24.1 Å². The van der Waals surface area contributed by atoms with E-state index in [1.54, 1.807) is 41.8 Å². The quantitative estimate of drug-likeness (QED) is 0.211. The Bertz CT molecular complexity index is 1320. The van der Waals surface area contributed by atoms with E-state index in [4.69, 9.17) is 9.88 Å². The fourth-order valence-corrected chi connectivity index (χ4v) is 4.48. The summed E-state index contributed by atoms with van der Waals surface area (Å²) in [6.07, 6.45) is 0.138. The number of rotatable bonds is 14. The molecular formula is C24H27F2N5O6S2. The van der Waals surface area contributed by atoms with Crippen molar-refractivity contribution in [3.05, 3.63) is 65.5 Å². The van der Waals surface area contributed by atoms with Crippen molar-refractivity contribution in [3.8, 4) is 17.0 Å². The van der Waals surface area contributed by atoms with Crippen LogP contribution in [0.3, 0.4) is 0 Å². The number of alkyl carbamates (subject to hydrolysis) is 1. The lowest BCUT2D eigenvalue weighted by Gasteiger charge is -2.17. The number of nitrogens with two attached hydrogens (primary N) is 1. The summed E-state index contributed by atoms with van der Waals surface area (Å²) >= 11 is 1.14. The average molecular weight is 584 g/mol. The maximum atomic E-state index is 13.0. The van der Waals surface area contributed by atoms with Gasteiger partial charge in [-0.25, -0.2) is 19.6 Å². The summed E-state index contributed by atoms with van der Waals surface area (Å²) in [7, 11) is -3.83. The van der Waals surface area contributed by atoms with Gasteiger partial charge < -0.3 is 20.1 Å². The van der Waals surface area contributed by atoms with Gasteiger partial charge in [0.1, 0.15) is 18.4 Å². The molecule has 0 aliphatic rings.